The first-order valence-electron chi connectivity index (χ1n) is 13.3. The van der Waals surface area contributed by atoms with E-state index in [-0.39, 0.29) is 29.3 Å². The number of rotatable bonds is 14. The molecule has 2 aliphatic heterocycles. The number of hydrogen-bond acceptors (Lipinski definition) is 6. The lowest BCUT2D eigenvalue weighted by Crippen LogP contribution is -2.62. The number of methoxy groups -OCH3 is 2. The largest absolute Gasteiger partial charge is 0.497 e. The summed E-state index contributed by atoms with van der Waals surface area (Å²) in [4.78, 5) is 27.8. The van der Waals surface area contributed by atoms with Gasteiger partial charge in [-0.05, 0) is 63.1 Å². The molecule has 0 aromatic heterocycles. The topological polar surface area (TPSA) is 77.1 Å². The standard InChI is InChI=1S/C30H42N2O5S/c1-6-8-10-12-26-18-24(31-28(33)17-22(3)11-9-7-2)19-30(36-5,37-26)27-21-38-29(34)32(27)20-23-13-15-25(35-4)16-14-23/h6-7,13-17,24,26-27H,1-2,8-12,18-21H2,3-5H3,(H,31,33)/b22-17-/t24-,26-,27+,30-/m1/s1. The van der Waals surface area contributed by atoms with Crippen molar-refractivity contribution in [1.29, 1.82) is 0 Å². The molecule has 2 amide bonds. The lowest BCUT2D eigenvalue weighted by Gasteiger charge is -2.48. The van der Waals surface area contributed by atoms with Crippen LogP contribution in [0.15, 0.2) is 61.2 Å². The van der Waals surface area contributed by atoms with Gasteiger partial charge in [-0.2, -0.15) is 0 Å². The van der Waals surface area contributed by atoms with Gasteiger partial charge < -0.3 is 24.4 Å². The van der Waals surface area contributed by atoms with E-state index < -0.39 is 5.79 Å². The van der Waals surface area contributed by atoms with E-state index in [0.717, 1.165) is 49.0 Å². The van der Waals surface area contributed by atoms with Crippen molar-refractivity contribution in [2.75, 3.05) is 20.0 Å². The molecule has 2 heterocycles. The Kier molecular flexibility index (Phi) is 11.5. The minimum atomic E-state index is -1.03. The van der Waals surface area contributed by atoms with Crippen molar-refractivity contribution in [3.8, 4) is 5.75 Å². The van der Waals surface area contributed by atoms with Crippen molar-refractivity contribution >= 4 is 22.9 Å². The number of nitrogens with one attached hydrogen (secondary N) is 1. The summed E-state index contributed by atoms with van der Waals surface area (Å²) in [6.45, 7) is 9.99. The average Bonchev–Trinajstić information content (AvgIpc) is 3.28. The second-order valence-electron chi connectivity index (χ2n) is 10.0. The number of amides is 2. The lowest BCUT2D eigenvalue weighted by molar-refractivity contribution is -0.294. The van der Waals surface area contributed by atoms with Gasteiger partial charge >= 0.3 is 0 Å². The van der Waals surface area contributed by atoms with Crippen molar-refractivity contribution < 1.29 is 23.8 Å². The van der Waals surface area contributed by atoms with Crippen LogP contribution in [0.1, 0.15) is 57.4 Å². The van der Waals surface area contributed by atoms with Gasteiger partial charge in [-0.25, -0.2) is 0 Å². The van der Waals surface area contributed by atoms with Crippen LogP contribution in [-0.2, 0) is 20.8 Å². The summed E-state index contributed by atoms with van der Waals surface area (Å²) in [5.41, 5.74) is 2.01. The smallest absolute Gasteiger partial charge is 0.282 e. The van der Waals surface area contributed by atoms with Gasteiger partial charge in [0.2, 0.25) is 5.91 Å². The molecule has 3 rings (SSSR count). The van der Waals surface area contributed by atoms with E-state index in [1.165, 1.54) is 11.8 Å². The zero-order valence-electron chi connectivity index (χ0n) is 22.9. The highest BCUT2D eigenvalue weighted by molar-refractivity contribution is 8.13. The Morgan fingerprint density at radius 1 is 1.24 bits per heavy atom. The van der Waals surface area contributed by atoms with Gasteiger partial charge in [-0.1, -0.05) is 41.6 Å². The van der Waals surface area contributed by atoms with Crippen LogP contribution in [-0.4, -0.2) is 60.0 Å². The molecule has 2 fully saturated rings. The summed E-state index contributed by atoms with van der Waals surface area (Å²) in [6, 6.07) is 7.29. The molecular formula is C30H42N2O5S. The number of carbonyl (C=O) groups excluding carboxylic acids is 2. The molecule has 7 nitrogen and oxygen atoms in total. The van der Waals surface area contributed by atoms with Crippen LogP contribution in [0, 0.1) is 0 Å². The number of unbranched alkanes of at least 4 members (excludes halogenated alkanes) is 1. The number of allylic oxidation sites excluding steroid dienone is 3. The Hall–Kier alpha value is -2.55. The van der Waals surface area contributed by atoms with Gasteiger partial charge in [0.15, 0.2) is 5.79 Å². The van der Waals surface area contributed by atoms with E-state index in [0.29, 0.717) is 25.1 Å². The van der Waals surface area contributed by atoms with Crippen molar-refractivity contribution in [2.24, 2.45) is 0 Å². The van der Waals surface area contributed by atoms with E-state index in [1.807, 2.05) is 48.2 Å². The van der Waals surface area contributed by atoms with Crippen LogP contribution in [0.2, 0.25) is 0 Å². The third kappa shape index (κ3) is 7.98. The monoisotopic (exact) mass is 542 g/mol. The highest BCUT2D eigenvalue weighted by Crippen LogP contribution is 2.42. The first-order chi connectivity index (χ1) is 18.3. The fourth-order valence-electron chi connectivity index (χ4n) is 5.17. The molecule has 1 aromatic carbocycles. The summed E-state index contributed by atoms with van der Waals surface area (Å²) in [5.74, 6) is 0.192. The zero-order chi connectivity index (χ0) is 27.5. The van der Waals surface area contributed by atoms with Crippen molar-refractivity contribution in [3.63, 3.8) is 0 Å². The normalized spacial score (nSPS) is 25.8. The van der Waals surface area contributed by atoms with E-state index in [9.17, 15) is 9.59 Å². The third-order valence-corrected chi connectivity index (χ3v) is 8.15. The number of nitrogens with zero attached hydrogens (tertiary/aromatic N) is 1. The average molecular weight is 543 g/mol. The predicted octanol–water partition coefficient (Wildman–Crippen LogP) is 6.01. The minimum absolute atomic E-state index is 0.000913. The number of benzene rings is 1. The highest BCUT2D eigenvalue weighted by Gasteiger charge is 2.53. The molecule has 0 unspecified atom stereocenters. The molecule has 0 bridgehead atoms. The Balaban J connectivity index is 1.82. The van der Waals surface area contributed by atoms with Crippen molar-refractivity contribution in [3.05, 3.63) is 66.8 Å². The van der Waals surface area contributed by atoms with Crippen molar-refractivity contribution in [2.45, 2.75) is 82.4 Å². The summed E-state index contributed by atoms with van der Waals surface area (Å²) in [6.07, 6.45) is 10.8. The maximum atomic E-state index is 13.0. The number of thioether (sulfide) groups is 1. The Bertz CT molecular complexity index is 995. The summed E-state index contributed by atoms with van der Waals surface area (Å²) in [7, 11) is 3.27. The van der Waals surface area contributed by atoms with Crippen LogP contribution in [0.5, 0.6) is 5.75 Å². The Morgan fingerprint density at radius 2 is 1.97 bits per heavy atom. The van der Waals surface area contributed by atoms with E-state index in [2.05, 4.69) is 18.5 Å². The molecule has 0 spiro atoms. The first kappa shape index (κ1) is 30.0. The predicted molar refractivity (Wildman–Crippen MR) is 153 cm³/mol. The molecule has 0 aliphatic carbocycles. The van der Waals surface area contributed by atoms with Gasteiger partial charge in [0.25, 0.3) is 5.24 Å². The second-order valence-corrected chi connectivity index (χ2v) is 11.0. The fraction of sp³-hybridized carbons (Fsp3) is 0.533. The molecule has 1 aromatic rings. The lowest BCUT2D eigenvalue weighted by atomic mass is 9.89. The van der Waals surface area contributed by atoms with Crippen LogP contribution in [0.25, 0.3) is 0 Å². The molecule has 0 saturated carbocycles. The summed E-state index contributed by atoms with van der Waals surface area (Å²) in [5, 5.41) is 3.20. The SMILES string of the molecule is C=CCCC[C@@H]1C[C@@H](NC(=O)/C=C(/C)CCC=C)C[C@](OC)([C@@H]2CSC(=O)N2Cc2ccc(OC)cc2)O1. The van der Waals surface area contributed by atoms with Gasteiger partial charge in [-0.15, -0.1) is 13.2 Å². The number of carbonyl (C=O) groups is 2. The molecule has 1 N–H and O–H groups in total. The van der Waals surface area contributed by atoms with Gasteiger partial charge in [0.05, 0.1) is 19.3 Å². The zero-order valence-corrected chi connectivity index (χ0v) is 23.8. The maximum Gasteiger partial charge on any atom is 0.282 e. The van der Waals surface area contributed by atoms with Gasteiger partial charge in [0, 0.05) is 37.9 Å². The van der Waals surface area contributed by atoms with Crippen LogP contribution >= 0.6 is 11.8 Å². The summed E-state index contributed by atoms with van der Waals surface area (Å²) >= 11 is 1.29. The molecular weight excluding hydrogens is 500 g/mol. The fourth-order valence-corrected chi connectivity index (χ4v) is 6.26. The molecule has 2 aliphatic rings. The molecule has 2 saturated heterocycles. The molecule has 208 valence electrons. The minimum Gasteiger partial charge on any atom is -0.497 e. The quantitative estimate of drug-likeness (QED) is 0.176. The van der Waals surface area contributed by atoms with Crippen LogP contribution < -0.4 is 10.1 Å². The van der Waals surface area contributed by atoms with E-state index >= 15 is 0 Å². The molecule has 8 heteroatoms. The van der Waals surface area contributed by atoms with E-state index in [1.54, 1.807) is 20.3 Å². The first-order valence-corrected chi connectivity index (χ1v) is 14.3. The molecule has 4 atom stereocenters. The Morgan fingerprint density at radius 3 is 2.63 bits per heavy atom. The highest BCUT2D eigenvalue weighted by atomic mass is 32.2. The third-order valence-electron chi connectivity index (χ3n) is 7.19. The Labute approximate surface area is 231 Å². The summed E-state index contributed by atoms with van der Waals surface area (Å²) < 4.78 is 18.1. The van der Waals surface area contributed by atoms with Gasteiger partial charge in [-0.3, -0.25) is 9.59 Å². The number of ether oxygens (including phenoxy) is 3. The second kappa shape index (κ2) is 14.6. The van der Waals surface area contributed by atoms with Crippen molar-refractivity contribution in [1.82, 2.24) is 10.2 Å². The maximum absolute atomic E-state index is 13.0. The van der Waals surface area contributed by atoms with Gasteiger partial charge in [0.1, 0.15) is 5.75 Å². The van der Waals surface area contributed by atoms with Crippen LogP contribution in [0.3, 0.4) is 0 Å². The number of hydrogen-bond donors (Lipinski definition) is 1. The molecule has 0 radical (unpaired) electrons. The van der Waals surface area contributed by atoms with E-state index in [4.69, 9.17) is 14.2 Å². The molecule has 38 heavy (non-hydrogen) atoms. The van der Waals surface area contributed by atoms with Crippen LogP contribution in [0.4, 0.5) is 4.79 Å².